The number of amides is 1. The number of rotatable bonds is 9. The summed E-state index contributed by atoms with van der Waals surface area (Å²) in [5.74, 6) is 1.57. The molecular weight excluding hydrogens is 326 g/mol. The number of nitrogens with one attached hydrogen (secondary N) is 1. The molecule has 0 saturated heterocycles. The first kappa shape index (κ1) is 19.8. The summed E-state index contributed by atoms with van der Waals surface area (Å²) >= 11 is 0. The number of aryl methyl sites for hydroxylation is 2. The average Bonchev–Trinajstić information content (AvgIpc) is 2.61. The molecule has 0 aliphatic rings. The van der Waals surface area contributed by atoms with Crippen molar-refractivity contribution >= 4 is 5.91 Å². The Morgan fingerprint density at radius 2 is 1.81 bits per heavy atom. The fourth-order valence-electron chi connectivity index (χ4n) is 2.60. The lowest BCUT2D eigenvalue weighted by molar-refractivity contribution is -0.123. The second-order valence-corrected chi connectivity index (χ2v) is 6.75. The van der Waals surface area contributed by atoms with E-state index >= 15 is 0 Å². The largest absolute Gasteiger partial charge is 0.491 e. The molecule has 0 heterocycles. The summed E-state index contributed by atoms with van der Waals surface area (Å²) in [6.07, 6.45) is 1.99. The van der Waals surface area contributed by atoms with Crippen LogP contribution in [0.3, 0.4) is 0 Å². The van der Waals surface area contributed by atoms with Crippen LogP contribution in [-0.2, 0) is 11.2 Å². The molecule has 2 rings (SSSR count). The number of carbonyl (C=O) groups is 1. The van der Waals surface area contributed by atoms with Crippen LogP contribution in [0.1, 0.15) is 37.0 Å². The van der Waals surface area contributed by atoms with Gasteiger partial charge in [0.15, 0.2) is 6.61 Å². The fraction of sp³-hybridized carbons (Fsp3) is 0.409. The summed E-state index contributed by atoms with van der Waals surface area (Å²) in [5.41, 5.74) is 3.47. The van der Waals surface area contributed by atoms with Crippen LogP contribution in [0.15, 0.2) is 42.5 Å². The minimum atomic E-state index is -0.0911. The Morgan fingerprint density at radius 1 is 1.08 bits per heavy atom. The first-order valence-electron chi connectivity index (χ1n) is 9.17. The molecule has 0 bridgehead atoms. The molecular formula is C22H29NO3. The van der Waals surface area contributed by atoms with E-state index in [1.165, 1.54) is 5.56 Å². The molecule has 4 nitrogen and oxygen atoms in total. The van der Waals surface area contributed by atoms with Crippen LogP contribution in [0.25, 0.3) is 0 Å². The molecule has 0 radical (unpaired) electrons. The zero-order chi connectivity index (χ0) is 18.9. The van der Waals surface area contributed by atoms with Crippen molar-refractivity contribution in [3.8, 4) is 11.5 Å². The highest BCUT2D eigenvalue weighted by molar-refractivity contribution is 5.77. The van der Waals surface area contributed by atoms with Crippen LogP contribution in [0.5, 0.6) is 11.5 Å². The summed E-state index contributed by atoms with van der Waals surface area (Å²) in [7, 11) is 0. The van der Waals surface area contributed by atoms with Crippen molar-refractivity contribution < 1.29 is 14.3 Å². The van der Waals surface area contributed by atoms with Gasteiger partial charge in [-0.2, -0.15) is 0 Å². The van der Waals surface area contributed by atoms with Crippen LogP contribution >= 0.6 is 0 Å². The number of carbonyl (C=O) groups excluding carboxylic acids is 1. The molecule has 0 aliphatic carbocycles. The molecule has 0 aliphatic heterocycles. The van der Waals surface area contributed by atoms with E-state index in [1.54, 1.807) is 0 Å². The third kappa shape index (κ3) is 6.43. The van der Waals surface area contributed by atoms with Gasteiger partial charge in [0.05, 0.1) is 6.10 Å². The molecule has 1 N–H and O–H groups in total. The third-order valence-corrected chi connectivity index (χ3v) is 4.17. The number of benzene rings is 2. The monoisotopic (exact) mass is 355 g/mol. The lowest BCUT2D eigenvalue weighted by atomic mass is 10.1. The number of hydrogen-bond donors (Lipinski definition) is 1. The van der Waals surface area contributed by atoms with Crippen LogP contribution in [-0.4, -0.2) is 25.2 Å². The average molecular weight is 355 g/mol. The summed E-state index contributed by atoms with van der Waals surface area (Å²) in [6.45, 7) is 8.75. The maximum Gasteiger partial charge on any atom is 0.257 e. The van der Waals surface area contributed by atoms with E-state index in [4.69, 9.17) is 9.47 Å². The molecule has 0 atom stereocenters. The van der Waals surface area contributed by atoms with Crippen molar-refractivity contribution in [1.82, 2.24) is 5.32 Å². The molecule has 26 heavy (non-hydrogen) atoms. The molecule has 0 unspecified atom stereocenters. The SMILES string of the molecule is Cc1cccc(OCC(=O)NCCCc2ccc(OC(C)C)cc2)c1C. The molecule has 4 heteroatoms. The highest BCUT2D eigenvalue weighted by atomic mass is 16.5. The van der Waals surface area contributed by atoms with E-state index in [1.807, 2.05) is 58.0 Å². The molecule has 0 aromatic heterocycles. The predicted octanol–water partition coefficient (Wildman–Crippen LogP) is 4.22. The lowest BCUT2D eigenvalue weighted by Gasteiger charge is -2.11. The highest BCUT2D eigenvalue weighted by Crippen LogP contribution is 2.20. The van der Waals surface area contributed by atoms with Crippen LogP contribution < -0.4 is 14.8 Å². The van der Waals surface area contributed by atoms with Crippen LogP contribution in [0, 0.1) is 13.8 Å². The maximum absolute atomic E-state index is 11.9. The smallest absolute Gasteiger partial charge is 0.257 e. The van der Waals surface area contributed by atoms with Crippen molar-refractivity contribution in [3.05, 3.63) is 59.2 Å². The van der Waals surface area contributed by atoms with Crippen molar-refractivity contribution in [1.29, 1.82) is 0 Å². The Kier molecular flexibility index (Phi) is 7.52. The second kappa shape index (κ2) is 9.85. The summed E-state index contributed by atoms with van der Waals surface area (Å²) < 4.78 is 11.2. The topological polar surface area (TPSA) is 47.6 Å². The van der Waals surface area contributed by atoms with Gasteiger partial charge in [0.1, 0.15) is 11.5 Å². The zero-order valence-corrected chi connectivity index (χ0v) is 16.2. The van der Waals surface area contributed by atoms with E-state index in [-0.39, 0.29) is 18.6 Å². The Hall–Kier alpha value is -2.49. The van der Waals surface area contributed by atoms with Crippen LogP contribution in [0.4, 0.5) is 0 Å². The minimum Gasteiger partial charge on any atom is -0.491 e. The molecule has 2 aromatic carbocycles. The van der Waals surface area contributed by atoms with Gasteiger partial charge in [-0.25, -0.2) is 0 Å². The molecule has 1 amide bonds. The standard InChI is InChI=1S/C22H29NO3/c1-16(2)26-20-12-10-19(11-13-20)8-6-14-23-22(24)15-25-21-9-5-7-17(3)18(21)4/h5,7,9-13,16H,6,8,14-15H2,1-4H3,(H,23,24). The minimum absolute atomic E-state index is 0.0472. The Labute approximate surface area is 156 Å². The molecule has 0 spiro atoms. The number of ether oxygens (including phenoxy) is 2. The lowest BCUT2D eigenvalue weighted by Crippen LogP contribution is -2.30. The van der Waals surface area contributed by atoms with Crippen molar-refractivity contribution in [2.24, 2.45) is 0 Å². The zero-order valence-electron chi connectivity index (χ0n) is 16.2. The van der Waals surface area contributed by atoms with Gasteiger partial charge in [-0.1, -0.05) is 24.3 Å². The molecule has 0 saturated carbocycles. The normalized spacial score (nSPS) is 10.7. The van der Waals surface area contributed by atoms with E-state index in [0.717, 1.165) is 35.5 Å². The van der Waals surface area contributed by atoms with Gasteiger partial charge in [-0.3, -0.25) is 4.79 Å². The highest BCUT2D eigenvalue weighted by Gasteiger charge is 2.06. The summed E-state index contributed by atoms with van der Waals surface area (Å²) in [4.78, 5) is 11.9. The van der Waals surface area contributed by atoms with Crippen molar-refractivity contribution in [2.45, 2.75) is 46.6 Å². The van der Waals surface area contributed by atoms with E-state index in [0.29, 0.717) is 6.54 Å². The second-order valence-electron chi connectivity index (χ2n) is 6.75. The predicted molar refractivity (Wildman–Crippen MR) is 105 cm³/mol. The molecule has 0 fully saturated rings. The molecule has 2 aromatic rings. The Bertz CT molecular complexity index is 708. The van der Waals surface area contributed by atoms with Gasteiger partial charge < -0.3 is 14.8 Å². The third-order valence-electron chi connectivity index (χ3n) is 4.17. The van der Waals surface area contributed by atoms with E-state index in [9.17, 15) is 4.79 Å². The first-order valence-corrected chi connectivity index (χ1v) is 9.17. The quantitative estimate of drug-likeness (QED) is 0.685. The van der Waals surface area contributed by atoms with Gasteiger partial charge >= 0.3 is 0 Å². The summed E-state index contributed by atoms with van der Waals surface area (Å²) in [6, 6.07) is 14.0. The molecule has 140 valence electrons. The number of hydrogen-bond acceptors (Lipinski definition) is 3. The first-order chi connectivity index (χ1) is 12.5. The van der Waals surface area contributed by atoms with Gasteiger partial charge in [-0.05, 0) is 75.4 Å². The van der Waals surface area contributed by atoms with Crippen molar-refractivity contribution in [2.75, 3.05) is 13.2 Å². The van der Waals surface area contributed by atoms with E-state index < -0.39 is 0 Å². The maximum atomic E-state index is 11.9. The van der Waals surface area contributed by atoms with Crippen LogP contribution in [0.2, 0.25) is 0 Å². The Balaban J connectivity index is 1.66. The van der Waals surface area contributed by atoms with Crippen molar-refractivity contribution in [3.63, 3.8) is 0 Å². The van der Waals surface area contributed by atoms with Gasteiger partial charge in [-0.15, -0.1) is 0 Å². The Morgan fingerprint density at radius 3 is 2.50 bits per heavy atom. The van der Waals surface area contributed by atoms with Gasteiger partial charge in [0.2, 0.25) is 0 Å². The van der Waals surface area contributed by atoms with Gasteiger partial charge in [0, 0.05) is 6.54 Å². The summed E-state index contributed by atoms with van der Waals surface area (Å²) in [5, 5.41) is 2.91. The van der Waals surface area contributed by atoms with Gasteiger partial charge in [0.25, 0.3) is 5.91 Å². The van der Waals surface area contributed by atoms with E-state index in [2.05, 4.69) is 17.4 Å². The fourth-order valence-corrected chi connectivity index (χ4v) is 2.60.